The molecule has 1 aliphatic rings. The van der Waals surface area contributed by atoms with Gasteiger partial charge in [0.25, 0.3) is 5.56 Å². The van der Waals surface area contributed by atoms with Crippen LogP contribution >= 0.6 is 0 Å². The molecule has 52 valence electrons. The molecule has 3 nitrogen and oxygen atoms in total. The van der Waals surface area contributed by atoms with Crippen molar-refractivity contribution in [2.24, 2.45) is 0 Å². The van der Waals surface area contributed by atoms with Crippen LogP contribution in [0.4, 0.5) is 0 Å². The van der Waals surface area contributed by atoms with Gasteiger partial charge in [0.15, 0.2) is 0 Å². The maximum atomic E-state index is 10.7. The zero-order valence-electron chi connectivity index (χ0n) is 5.50. The quantitative estimate of drug-likeness (QED) is 0.616. The van der Waals surface area contributed by atoms with E-state index in [0.717, 1.165) is 5.69 Å². The summed E-state index contributed by atoms with van der Waals surface area (Å²) in [6.45, 7) is 0. The molecule has 3 heteroatoms. The summed E-state index contributed by atoms with van der Waals surface area (Å²) in [6, 6.07) is 0. The molecule has 1 fully saturated rings. The van der Waals surface area contributed by atoms with Crippen molar-refractivity contribution in [1.82, 2.24) is 9.97 Å². The summed E-state index contributed by atoms with van der Waals surface area (Å²) < 4.78 is 0. The van der Waals surface area contributed by atoms with Crippen LogP contribution in [0.2, 0.25) is 0 Å². The summed E-state index contributed by atoms with van der Waals surface area (Å²) in [5.74, 6) is 0.585. The van der Waals surface area contributed by atoms with Crippen LogP contribution in [0.15, 0.2) is 17.2 Å². The molecule has 1 aromatic heterocycles. The summed E-state index contributed by atoms with van der Waals surface area (Å²) >= 11 is 0. The minimum absolute atomic E-state index is 0.0931. The number of nitrogens with zero attached hydrogens (tertiary/aromatic N) is 1. The third-order valence-corrected chi connectivity index (χ3v) is 1.69. The highest BCUT2D eigenvalue weighted by molar-refractivity contribution is 5.09. The van der Waals surface area contributed by atoms with E-state index in [-0.39, 0.29) is 5.56 Å². The van der Waals surface area contributed by atoms with Gasteiger partial charge < -0.3 is 4.98 Å². The molecule has 1 heterocycles. The Hall–Kier alpha value is -1.12. The summed E-state index contributed by atoms with van der Waals surface area (Å²) in [5, 5.41) is 0. The molecule has 2 rings (SSSR count). The van der Waals surface area contributed by atoms with Gasteiger partial charge in [0.1, 0.15) is 0 Å². The number of aromatic amines is 1. The Kier molecular flexibility index (Phi) is 1.09. The standard InChI is InChI=1S/C7H8N2O/c10-7-4-8-3-6(9-7)5-1-2-5/h3-5H,1-2H2,(H,9,10). The van der Waals surface area contributed by atoms with Gasteiger partial charge in [-0.1, -0.05) is 0 Å². The Labute approximate surface area is 58.1 Å². The van der Waals surface area contributed by atoms with Crippen molar-refractivity contribution < 1.29 is 0 Å². The second-order valence-electron chi connectivity index (χ2n) is 2.63. The number of aromatic nitrogens is 2. The molecular weight excluding hydrogens is 128 g/mol. The van der Waals surface area contributed by atoms with Crippen molar-refractivity contribution >= 4 is 0 Å². The first-order valence-electron chi connectivity index (χ1n) is 3.40. The first-order valence-corrected chi connectivity index (χ1v) is 3.40. The van der Waals surface area contributed by atoms with Crippen molar-refractivity contribution in [3.8, 4) is 0 Å². The molecule has 10 heavy (non-hydrogen) atoms. The molecule has 1 saturated carbocycles. The van der Waals surface area contributed by atoms with E-state index in [9.17, 15) is 4.79 Å². The molecular formula is C7H8N2O. The Morgan fingerprint density at radius 1 is 1.50 bits per heavy atom. The molecule has 1 N–H and O–H groups in total. The molecule has 0 bridgehead atoms. The van der Waals surface area contributed by atoms with E-state index in [2.05, 4.69) is 9.97 Å². The van der Waals surface area contributed by atoms with Crippen LogP contribution < -0.4 is 5.56 Å². The predicted molar refractivity (Wildman–Crippen MR) is 36.8 cm³/mol. The topological polar surface area (TPSA) is 45.8 Å². The fraction of sp³-hybridized carbons (Fsp3) is 0.429. The maximum absolute atomic E-state index is 10.7. The maximum Gasteiger partial charge on any atom is 0.266 e. The smallest absolute Gasteiger partial charge is 0.266 e. The minimum atomic E-state index is -0.0931. The van der Waals surface area contributed by atoms with Gasteiger partial charge in [-0.15, -0.1) is 0 Å². The van der Waals surface area contributed by atoms with Gasteiger partial charge in [0, 0.05) is 17.8 Å². The number of rotatable bonds is 1. The van der Waals surface area contributed by atoms with Crippen molar-refractivity contribution in [1.29, 1.82) is 0 Å². The van der Waals surface area contributed by atoms with E-state index in [1.54, 1.807) is 6.20 Å². The lowest BCUT2D eigenvalue weighted by atomic mass is 10.3. The zero-order valence-corrected chi connectivity index (χ0v) is 5.50. The van der Waals surface area contributed by atoms with E-state index >= 15 is 0 Å². The second-order valence-corrected chi connectivity index (χ2v) is 2.63. The molecule has 0 unspecified atom stereocenters. The molecule has 1 aromatic rings. The predicted octanol–water partition coefficient (Wildman–Crippen LogP) is 0.647. The average molecular weight is 136 g/mol. The Morgan fingerprint density at radius 2 is 2.30 bits per heavy atom. The molecule has 0 atom stereocenters. The number of hydrogen-bond acceptors (Lipinski definition) is 2. The summed E-state index contributed by atoms with van der Waals surface area (Å²) in [7, 11) is 0. The largest absolute Gasteiger partial charge is 0.323 e. The molecule has 0 radical (unpaired) electrons. The molecule has 1 aliphatic carbocycles. The van der Waals surface area contributed by atoms with Gasteiger partial charge in [0.2, 0.25) is 0 Å². The van der Waals surface area contributed by atoms with Crippen molar-refractivity contribution in [3.05, 3.63) is 28.4 Å². The minimum Gasteiger partial charge on any atom is -0.323 e. The van der Waals surface area contributed by atoms with Gasteiger partial charge >= 0.3 is 0 Å². The highest BCUT2D eigenvalue weighted by atomic mass is 16.1. The summed E-state index contributed by atoms with van der Waals surface area (Å²) in [4.78, 5) is 17.3. The van der Waals surface area contributed by atoms with Gasteiger partial charge in [-0.05, 0) is 12.8 Å². The number of H-pyrrole nitrogens is 1. The lowest BCUT2D eigenvalue weighted by Crippen LogP contribution is -2.07. The lowest BCUT2D eigenvalue weighted by Gasteiger charge is -1.92. The lowest BCUT2D eigenvalue weighted by molar-refractivity contribution is 0.962. The highest BCUT2D eigenvalue weighted by Crippen LogP contribution is 2.37. The van der Waals surface area contributed by atoms with Crippen LogP contribution in [-0.4, -0.2) is 9.97 Å². The van der Waals surface area contributed by atoms with Crippen molar-refractivity contribution in [3.63, 3.8) is 0 Å². The Morgan fingerprint density at radius 3 is 2.90 bits per heavy atom. The van der Waals surface area contributed by atoms with Crippen LogP contribution in [0, 0.1) is 0 Å². The zero-order chi connectivity index (χ0) is 6.97. The van der Waals surface area contributed by atoms with Crippen LogP contribution in [0.1, 0.15) is 24.5 Å². The average Bonchev–Trinajstić information content (AvgIpc) is 2.68. The van der Waals surface area contributed by atoms with Gasteiger partial charge in [-0.2, -0.15) is 0 Å². The third kappa shape index (κ3) is 0.943. The number of hydrogen-bond donors (Lipinski definition) is 1. The van der Waals surface area contributed by atoms with Gasteiger partial charge in [0.05, 0.1) is 6.20 Å². The molecule has 0 aromatic carbocycles. The number of nitrogens with one attached hydrogen (secondary N) is 1. The van der Waals surface area contributed by atoms with E-state index in [1.165, 1.54) is 19.0 Å². The van der Waals surface area contributed by atoms with E-state index in [1.807, 2.05) is 0 Å². The SMILES string of the molecule is O=c1cncc(C2CC2)[nH]1. The Balaban J connectivity index is 2.41. The van der Waals surface area contributed by atoms with E-state index in [4.69, 9.17) is 0 Å². The fourth-order valence-electron chi connectivity index (χ4n) is 0.994. The molecule has 0 amide bonds. The first kappa shape index (κ1) is 5.65. The second kappa shape index (κ2) is 1.94. The molecule has 0 saturated heterocycles. The van der Waals surface area contributed by atoms with E-state index < -0.39 is 0 Å². The van der Waals surface area contributed by atoms with Crippen molar-refractivity contribution in [2.75, 3.05) is 0 Å². The van der Waals surface area contributed by atoms with Crippen molar-refractivity contribution in [2.45, 2.75) is 18.8 Å². The normalized spacial score (nSPS) is 17.2. The highest BCUT2D eigenvalue weighted by Gasteiger charge is 2.24. The summed E-state index contributed by atoms with van der Waals surface area (Å²) in [5.41, 5.74) is 0.900. The van der Waals surface area contributed by atoms with E-state index in [0.29, 0.717) is 5.92 Å². The fourth-order valence-corrected chi connectivity index (χ4v) is 0.994. The van der Waals surface area contributed by atoms with Gasteiger partial charge in [-0.25, -0.2) is 0 Å². The molecule has 0 aliphatic heterocycles. The van der Waals surface area contributed by atoms with Gasteiger partial charge in [-0.3, -0.25) is 9.78 Å². The molecule has 0 spiro atoms. The summed E-state index contributed by atoms with van der Waals surface area (Å²) in [6.07, 6.45) is 5.42. The van der Waals surface area contributed by atoms with Crippen LogP contribution in [-0.2, 0) is 0 Å². The monoisotopic (exact) mass is 136 g/mol. The first-order chi connectivity index (χ1) is 4.86. The van der Waals surface area contributed by atoms with Crippen LogP contribution in [0.3, 0.4) is 0 Å². The van der Waals surface area contributed by atoms with Crippen LogP contribution in [0.25, 0.3) is 0 Å². The van der Waals surface area contributed by atoms with Crippen LogP contribution in [0.5, 0.6) is 0 Å². The third-order valence-electron chi connectivity index (χ3n) is 1.69. The Bertz CT molecular complexity index is 288.